The molecule has 0 bridgehead atoms. The topological polar surface area (TPSA) is 57.6 Å². The Morgan fingerprint density at radius 3 is 2.12 bits per heavy atom. The van der Waals surface area contributed by atoms with E-state index < -0.39 is 0 Å². The van der Waals surface area contributed by atoms with E-state index in [9.17, 15) is 9.59 Å². The first-order chi connectivity index (χ1) is 16.7. The van der Waals surface area contributed by atoms with Crippen LogP contribution in [0.15, 0.2) is 114 Å². The van der Waals surface area contributed by atoms with Crippen molar-refractivity contribution in [3.63, 3.8) is 0 Å². The fourth-order valence-electron chi connectivity index (χ4n) is 4.61. The molecule has 0 fully saturated rings. The van der Waals surface area contributed by atoms with Crippen molar-refractivity contribution in [2.75, 3.05) is 4.90 Å². The summed E-state index contributed by atoms with van der Waals surface area (Å²) in [5, 5.41) is 1.30. The number of H-pyrrole nitrogens is 1. The van der Waals surface area contributed by atoms with Gasteiger partial charge < -0.3 is 4.98 Å². The van der Waals surface area contributed by atoms with Gasteiger partial charge in [-0.1, -0.05) is 78.9 Å². The Bertz CT molecular complexity index is 1720. The molecule has 0 aliphatic carbocycles. The van der Waals surface area contributed by atoms with Crippen LogP contribution in [0, 0.1) is 0 Å². The summed E-state index contributed by atoms with van der Waals surface area (Å²) in [5.74, 6) is -0.131. The molecule has 164 valence electrons. The molecule has 5 heteroatoms. The van der Waals surface area contributed by atoms with Crippen molar-refractivity contribution in [1.82, 2.24) is 9.38 Å². The molecule has 34 heavy (non-hydrogen) atoms. The Morgan fingerprint density at radius 1 is 0.735 bits per heavy atom. The maximum Gasteiger partial charge on any atom is 0.264 e. The third-order valence-electron chi connectivity index (χ3n) is 6.18. The lowest BCUT2D eigenvalue weighted by Crippen LogP contribution is -2.32. The van der Waals surface area contributed by atoms with E-state index in [0.717, 1.165) is 22.0 Å². The molecular formula is C29H21N3O2. The number of hydrogen-bond donors (Lipinski definition) is 1. The van der Waals surface area contributed by atoms with E-state index in [2.05, 4.69) is 4.98 Å². The van der Waals surface area contributed by atoms with Crippen LogP contribution < -0.4 is 10.5 Å². The van der Waals surface area contributed by atoms with E-state index in [-0.39, 0.29) is 11.5 Å². The van der Waals surface area contributed by atoms with Crippen molar-refractivity contribution < 1.29 is 4.79 Å². The van der Waals surface area contributed by atoms with E-state index >= 15 is 0 Å². The molecule has 1 amide bonds. The number of nitrogens with one attached hydrogen (secondary N) is 1. The number of aromatic nitrogens is 2. The van der Waals surface area contributed by atoms with Crippen LogP contribution in [0.5, 0.6) is 0 Å². The predicted molar refractivity (Wildman–Crippen MR) is 136 cm³/mol. The average Bonchev–Trinajstić information content (AvgIpc) is 3.28. The largest absolute Gasteiger partial charge is 0.338 e. The van der Waals surface area contributed by atoms with Crippen molar-refractivity contribution in [3.05, 3.63) is 131 Å². The van der Waals surface area contributed by atoms with Gasteiger partial charge in [-0.3, -0.25) is 18.9 Å². The van der Waals surface area contributed by atoms with E-state index in [4.69, 9.17) is 0 Å². The summed E-state index contributed by atoms with van der Waals surface area (Å²) in [6.07, 6.45) is 0. The number of hydrogen-bond acceptors (Lipinski definition) is 2. The molecule has 0 unspecified atom stereocenters. The number of aromatic amines is 1. The van der Waals surface area contributed by atoms with Gasteiger partial charge in [-0.2, -0.15) is 0 Å². The van der Waals surface area contributed by atoms with E-state index in [1.165, 1.54) is 0 Å². The van der Waals surface area contributed by atoms with E-state index in [1.54, 1.807) is 9.30 Å². The number of carbonyl (C=O) groups excluding carboxylic acids is 1. The Kier molecular flexibility index (Phi) is 4.73. The van der Waals surface area contributed by atoms with Gasteiger partial charge in [0.05, 0.1) is 23.3 Å². The number of nitrogens with zero attached hydrogens (tertiary/aromatic N) is 2. The molecule has 0 saturated heterocycles. The summed E-state index contributed by atoms with van der Waals surface area (Å²) in [6.45, 7) is 0.363. The molecule has 2 heterocycles. The lowest BCUT2D eigenvalue weighted by molar-refractivity contribution is 0.0985. The van der Waals surface area contributed by atoms with Crippen LogP contribution in [-0.4, -0.2) is 15.3 Å². The highest BCUT2D eigenvalue weighted by Gasteiger charge is 2.25. The lowest BCUT2D eigenvalue weighted by atomic mass is 10.1. The second-order valence-corrected chi connectivity index (χ2v) is 8.27. The normalized spacial score (nSPS) is 11.3. The Balaban J connectivity index is 1.71. The van der Waals surface area contributed by atoms with Gasteiger partial charge in [0.1, 0.15) is 5.65 Å². The second-order valence-electron chi connectivity index (χ2n) is 8.27. The first-order valence-electron chi connectivity index (χ1n) is 11.2. The SMILES string of the molecule is O=C(c1ccccc1)N(Cc1ccccc1)c1c2ccccc2c(=O)n2c1[nH]c1ccccc12. The van der Waals surface area contributed by atoms with Gasteiger partial charge in [0.15, 0.2) is 0 Å². The molecule has 0 atom stereocenters. The average molecular weight is 444 g/mol. The number of imidazole rings is 1. The van der Waals surface area contributed by atoms with Gasteiger partial charge in [0.2, 0.25) is 0 Å². The minimum Gasteiger partial charge on any atom is -0.338 e. The minimum absolute atomic E-state index is 0.112. The summed E-state index contributed by atoms with van der Waals surface area (Å²) < 4.78 is 1.68. The van der Waals surface area contributed by atoms with Crippen LogP contribution in [0.25, 0.3) is 27.5 Å². The molecule has 0 aliphatic heterocycles. The van der Waals surface area contributed by atoms with E-state index in [1.807, 2.05) is 109 Å². The maximum atomic E-state index is 14.0. The van der Waals surface area contributed by atoms with Crippen molar-refractivity contribution in [2.24, 2.45) is 0 Å². The molecular weight excluding hydrogens is 422 g/mol. The molecule has 5 nitrogen and oxygen atoms in total. The summed E-state index contributed by atoms with van der Waals surface area (Å²) in [7, 11) is 0. The number of rotatable bonds is 4. The molecule has 0 aliphatic rings. The number of carbonyl (C=O) groups is 1. The van der Waals surface area contributed by atoms with Crippen LogP contribution in [-0.2, 0) is 6.54 Å². The molecule has 6 aromatic rings. The molecule has 1 N–H and O–H groups in total. The molecule has 2 aromatic heterocycles. The van der Waals surface area contributed by atoms with Gasteiger partial charge >= 0.3 is 0 Å². The van der Waals surface area contributed by atoms with Crippen LogP contribution in [0.2, 0.25) is 0 Å². The Morgan fingerprint density at radius 2 is 1.35 bits per heavy atom. The molecule has 0 radical (unpaired) electrons. The monoisotopic (exact) mass is 443 g/mol. The van der Waals surface area contributed by atoms with Crippen molar-refractivity contribution >= 4 is 39.0 Å². The number of benzene rings is 4. The van der Waals surface area contributed by atoms with Gasteiger partial charge in [0.25, 0.3) is 11.5 Å². The first-order valence-corrected chi connectivity index (χ1v) is 11.2. The Labute approximate surface area is 195 Å². The second kappa shape index (κ2) is 8.05. The third-order valence-corrected chi connectivity index (χ3v) is 6.18. The minimum atomic E-state index is -0.131. The van der Waals surface area contributed by atoms with Gasteiger partial charge in [0, 0.05) is 16.3 Å². The number of anilines is 1. The molecule has 6 rings (SSSR count). The van der Waals surface area contributed by atoms with Crippen molar-refractivity contribution in [3.8, 4) is 0 Å². The highest BCUT2D eigenvalue weighted by Crippen LogP contribution is 2.33. The zero-order valence-corrected chi connectivity index (χ0v) is 18.3. The zero-order chi connectivity index (χ0) is 23.1. The maximum absolute atomic E-state index is 14.0. The number of fused-ring (bicyclic) bond motifs is 4. The first kappa shape index (κ1) is 20.0. The van der Waals surface area contributed by atoms with Gasteiger partial charge in [-0.15, -0.1) is 0 Å². The van der Waals surface area contributed by atoms with Crippen LogP contribution in [0.3, 0.4) is 0 Å². The van der Waals surface area contributed by atoms with Crippen LogP contribution in [0.1, 0.15) is 15.9 Å². The van der Waals surface area contributed by atoms with Gasteiger partial charge in [-0.25, -0.2) is 0 Å². The number of pyridine rings is 1. The highest BCUT2D eigenvalue weighted by atomic mass is 16.2. The highest BCUT2D eigenvalue weighted by molar-refractivity contribution is 6.14. The Hall–Kier alpha value is -4.64. The predicted octanol–water partition coefficient (Wildman–Crippen LogP) is 5.78. The fourth-order valence-corrected chi connectivity index (χ4v) is 4.61. The van der Waals surface area contributed by atoms with Crippen LogP contribution in [0.4, 0.5) is 5.69 Å². The van der Waals surface area contributed by atoms with Crippen molar-refractivity contribution in [2.45, 2.75) is 6.54 Å². The molecule has 0 spiro atoms. The third kappa shape index (κ3) is 3.18. The number of amides is 1. The smallest absolute Gasteiger partial charge is 0.264 e. The number of para-hydroxylation sites is 2. The summed E-state index contributed by atoms with van der Waals surface area (Å²) >= 11 is 0. The zero-order valence-electron chi connectivity index (χ0n) is 18.3. The van der Waals surface area contributed by atoms with Gasteiger partial charge in [-0.05, 0) is 35.9 Å². The summed E-state index contributed by atoms with van der Waals surface area (Å²) in [6, 6.07) is 34.3. The summed E-state index contributed by atoms with van der Waals surface area (Å²) in [5.41, 5.74) is 4.37. The van der Waals surface area contributed by atoms with Crippen molar-refractivity contribution in [1.29, 1.82) is 0 Å². The quantitative estimate of drug-likeness (QED) is 0.375. The molecule has 0 saturated carbocycles. The van der Waals surface area contributed by atoms with E-state index in [0.29, 0.717) is 28.8 Å². The van der Waals surface area contributed by atoms with Crippen LogP contribution >= 0.6 is 0 Å². The molecule has 4 aromatic carbocycles. The lowest BCUT2D eigenvalue weighted by Gasteiger charge is -2.25. The fraction of sp³-hybridized carbons (Fsp3) is 0.0345. The summed E-state index contributed by atoms with van der Waals surface area (Å²) in [4.78, 5) is 32.7. The standard InChI is InChI=1S/C29H21N3O2/c33-28(21-13-5-2-6-14-21)31(19-20-11-3-1-4-12-20)26-22-15-7-8-16-23(22)29(34)32-25-18-10-9-17-24(25)30-27(26)32/h1-18,30H,19H2.